The molecule has 0 aromatic heterocycles. The minimum absolute atomic E-state index is 0.502. The molecule has 0 spiro atoms. The molecule has 4 rings (SSSR count). The largest absolute Gasteiger partial charge is 0.489 e. The molecule has 0 aliphatic rings. The van der Waals surface area contributed by atoms with Crippen LogP contribution in [-0.4, -0.2) is 6.21 Å². The Morgan fingerprint density at radius 1 is 0.581 bits per heavy atom. The molecule has 4 aromatic carbocycles. The molecule has 0 heterocycles. The molecule has 0 saturated carbocycles. The van der Waals surface area contributed by atoms with Crippen LogP contribution in [0.5, 0.6) is 11.5 Å². The lowest BCUT2D eigenvalue weighted by atomic mass is 10.2. The molecule has 31 heavy (non-hydrogen) atoms. The van der Waals surface area contributed by atoms with Gasteiger partial charge in [0, 0.05) is 0 Å². The second-order valence-corrected chi connectivity index (χ2v) is 7.01. The normalized spacial score (nSPS) is 10.7. The second-order valence-electron chi connectivity index (χ2n) is 7.01. The molecule has 0 fully saturated rings. The van der Waals surface area contributed by atoms with Gasteiger partial charge in [-0.3, -0.25) is 5.43 Å². The highest BCUT2D eigenvalue weighted by Crippen LogP contribution is 2.17. The van der Waals surface area contributed by atoms with Crippen LogP contribution in [0.15, 0.2) is 114 Å². The summed E-state index contributed by atoms with van der Waals surface area (Å²) in [7, 11) is 0. The molecule has 0 aliphatic carbocycles. The smallest absolute Gasteiger partial charge is 0.119 e. The quantitative estimate of drug-likeness (QED) is 0.261. The molecule has 4 aromatic rings. The van der Waals surface area contributed by atoms with Gasteiger partial charge < -0.3 is 9.47 Å². The number of para-hydroxylation sites is 1. The zero-order valence-corrected chi connectivity index (χ0v) is 17.1. The summed E-state index contributed by atoms with van der Waals surface area (Å²) in [5, 5.41) is 4.25. The van der Waals surface area contributed by atoms with Gasteiger partial charge in [0.2, 0.25) is 0 Å². The highest BCUT2D eigenvalue weighted by molar-refractivity contribution is 5.80. The summed E-state index contributed by atoms with van der Waals surface area (Å²) < 4.78 is 11.7. The lowest BCUT2D eigenvalue weighted by Crippen LogP contribution is -1.97. The zero-order chi connectivity index (χ0) is 21.1. The van der Waals surface area contributed by atoms with E-state index in [2.05, 4.69) is 22.7 Å². The molecule has 0 bridgehead atoms. The van der Waals surface area contributed by atoms with Crippen LogP contribution in [0.4, 0.5) is 5.69 Å². The average Bonchev–Trinajstić information content (AvgIpc) is 2.84. The van der Waals surface area contributed by atoms with Gasteiger partial charge in [0.25, 0.3) is 0 Å². The predicted molar refractivity (Wildman–Crippen MR) is 126 cm³/mol. The maximum absolute atomic E-state index is 5.89. The fourth-order valence-corrected chi connectivity index (χ4v) is 2.93. The van der Waals surface area contributed by atoms with Crippen molar-refractivity contribution in [2.45, 2.75) is 13.2 Å². The Balaban J connectivity index is 1.23. The SMILES string of the molecule is C(=NNc1ccccc1)c1ccc(OCc2ccc(OCc3ccccc3)cc2)cc1. The number of hydrogen-bond acceptors (Lipinski definition) is 4. The Labute approximate surface area is 182 Å². The number of rotatable bonds is 9. The van der Waals surface area contributed by atoms with Crippen molar-refractivity contribution in [2.75, 3.05) is 5.43 Å². The molecule has 0 amide bonds. The van der Waals surface area contributed by atoms with Crippen LogP contribution in [0, 0.1) is 0 Å². The Morgan fingerprint density at radius 2 is 1.10 bits per heavy atom. The number of benzene rings is 4. The molecule has 0 saturated heterocycles. The summed E-state index contributed by atoms with van der Waals surface area (Å²) in [6.45, 7) is 1.06. The monoisotopic (exact) mass is 408 g/mol. The number of hydrogen-bond donors (Lipinski definition) is 1. The van der Waals surface area contributed by atoms with Gasteiger partial charge in [-0.05, 0) is 65.2 Å². The van der Waals surface area contributed by atoms with Crippen molar-refractivity contribution >= 4 is 11.9 Å². The molecule has 0 unspecified atom stereocenters. The Kier molecular flexibility index (Phi) is 6.95. The Hall–Kier alpha value is -4.05. The van der Waals surface area contributed by atoms with Gasteiger partial charge in [-0.25, -0.2) is 0 Å². The highest BCUT2D eigenvalue weighted by atomic mass is 16.5. The Morgan fingerprint density at radius 3 is 1.71 bits per heavy atom. The van der Waals surface area contributed by atoms with Crippen molar-refractivity contribution in [3.05, 3.63) is 126 Å². The van der Waals surface area contributed by atoms with Gasteiger partial charge in [-0.15, -0.1) is 0 Å². The summed E-state index contributed by atoms with van der Waals surface area (Å²) in [6, 6.07) is 35.8. The van der Waals surface area contributed by atoms with Crippen molar-refractivity contribution in [2.24, 2.45) is 5.10 Å². The first kappa shape index (κ1) is 20.2. The maximum Gasteiger partial charge on any atom is 0.119 e. The summed E-state index contributed by atoms with van der Waals surface area (Å²) >= 11 is 0. The summed E-state index contributed by atoms with van der Waals surface area (Å²) in [5.74, 6) is 1.66. The Bertz CT molecular complexity index is 1080. The fraction of sp³-hybridized carbons (Fsp3) is 0.0741. The molecule has 0 aliphatic heterocycles. The van der Waals surface area contributed by atoms with Gasteiger partial charge in [-0.2, -0.15) is 5.10 Å². The first-order chi connectivity index (χ1) is 15.3. The summed E-state index contributed by atoms with van der Waals surface area (Å²) in [4.78, 5) is 0. The third-order valence-corrected chi connectivity index (χ3v) is 4.64. The molecular weight excluding hydrogens is 384 g/mol. The van der Waals surface area contributed by atoms with E-state index in [0.29, 0.717) is 13.2 Å². The van der Waals surface area contributed by atoms with E-state index in [1.165, 1.54) is 0 Å². The van der Waals surface area contributed by atoms with Crippen LogP contribution in [0.3, 0.4) is 0 Å². The van der Waals surface area contributed by atoms with Crippen LogP contribution in [-0.2, 0) is 13.2 Å². The van der Waals surface area contributed by atoms with E-state index in [9.17, 15) is 0 Å². The second kappa shape index (κ2) is 10.6. The summed E-state index contributed by atoms with van der Waals surface area (Å²) in [6.07, 6.45) is 1.78. The van der Waals surface area contributed by atoms with E-state index in [4.69, 9.17) is 9.47 Å². The third-order valence-electron chi connectivity index (χ3n) is 4.64. The van der Waals surface area contributed by atoms with Crippen molar-refractivity contribution < 1.29 is 9.47 Å². The van der Waals surface area contributed by atoms with Gasteiger partial charge >= 0.3 is 0 Å². The van der Waals surface area contributed by atoms with Crippen LogP contribution in [0.1, 0.15) is 16.7 Å². The average molecular weight is 409 g/mol. The molecule has 154 valence electrons. The molecule has 4 heteroatoms. The van der Waals surface area contributed by atoms with Crippen molar-refractivity contribution in [1.29, 1.82) is 0 Å². The number of nitrogens with one attached hydrogen (secondary N) is 1. The van der Waals surface area contributed by atoms with Crippen molar-refractivity contribution in [1.82, 2.24) is 0 Å². The zero-order valence-electron chi connectivity index (χ0n) is 17.1. The molecule has 1 N–H and O–H groups in total. The van der Waals surface area contributed by atoms with Crippen molar-refractivity contribution in [3.63, 3.8) is 0 Å². The minimum Gasteiger partial charge on any atom is -0.489 e. The molecule has 0 atom stereocenters. The fourth-order valence-electron chi connectivity index (χ4n) is 2.93. The maximum atomic E-state index is 5.89. The van der Waals surface area contributed by atoms with Crippen LogP contribution in [0.25, 0.3) is 0 Å². The minimum atomic E-state index is 0.502. The van der Waals surface area contributed by atoms with Crippen molar-refractivity contribution in [3.8, 4) is 11.5 Å². The number of nitrogens with zero attached hydrogens (tertiary/aromatic N) is 1. The summed E-state index contributed by atoms with van der Waals surface area (Å²) in [5.41, 5.74) is 7.19. The van der Waals surface area contributed by atoms with Crippen LogP contribution >= 0.6 is 0 Å². The topological polar surface area (TPSA) is 42.9 Å². The molecule has 4 nitrogen and oxygen atoms in total. The third kappa shape index (κ3) is 6.47. The van der Waals surface area contributed by atoms with Gasteiger partial charge in [0.15, 0.2) is 0 Å². The van der Waals surface area contributed by atoms with E-state index in [1.807, 2.05) is 97.1 Å². The van der Waals surface area contributed by atoms with E-state index in [1.54, 1.807) is 6.21 Å². The van der Waals surface area contributed by atoms with E-state index in [-0.39, 0.29) is 0 Å². The lowest BCUT2D eigenvalue weighted by molar-refractivity contribution is 0.301. The van der Waals surface area contributed by atoms with Crippen LogP contribution in [0.2, 0.25) is 0 Å². The molecule has 0 radical (unpaired) electrons. The van der Waals surface area contributed by atoms with Gasteiger partial charge in [-0.1, -0.05) is 60.7 Å². The van der Waals surface area contributed by atoms with E-state index in [0.717, 1.165) is 33.9 Å². The lowest BCUT2D eigenvalue weighted by Gasteiger charge is -2.09. The standard InChI is InChI=1S/C27H24N2O2/c1-3-7-23(8-4-1)20-30-27-17-13-24(14-18-27)21-31-26-15-11-22(12-16-26)19-28-29-25-9-5-2-6-10-25/h1-19,29H,20-21H2. The highest BCUT2D eigenvalue weighted by Gasteiger charge is 1.99. The van der Waals surface area contributed by atoms with E-state index < -0.39 is 0 Å². The van der Waals surface area contributed by atoms with Crippen LogP contribution < -0.4 is 14.9 Å². The number of hydrazone groups is 1. The molecular formula is C27H24N2O2. The first-order valence-corrected chi connectivity index (χ1v) is 10.2. The van der Waals surface area contributed by atoms with Gasteiger partial charge in [0.05, 0.1) is 11.9 Å². The van der Waals surface area contributed by atoms with Gasteiger partial charge in [0.1, 0.15) is 24.7 Å². The predicted octanol–water partition coefficient (Wildman–Crippen LogP) is 6.29. The number of ether oxygens (including phenoxy) is 2. The number of anilines is 1. The van der Waals surface area contributed by atoms with E-state index >= 15 is 0 Å². The first-order valence-electron chi connectivity index (χ1n) is 10.2.